The number of benzene rings is 2. The summed E-state index contributed by atoms with van der Waals surface area (Å²) in [7, 11) is 0. The highest BCUT2D eigenvalue weighted by Gasteiger charge is 2.62. The lowest BCUT2D eigenvalue weighted by Crippen LogP contribution is -2.51. The molecule has 8 nitrogen and oxygen atoms in total. The summed E-state index contributed by atoms with van der Waals surface area (Å²) in [5, 5.41) is 28.1. The number of aliphatic hydroxyl groups excluding tert-OH is 2. The number of aryl methyl sites for hydroxylation is 1. The monoisotopic (exact) mass is 422 g/mol. The van der Waals surface area contributed by atoms with Crippen molar-refractivity contribution in [3.63, 3.8) is 0 Å². The quantitative estimate of drug-likeness (QED) is 0.645. The van der Waals surface area contributed by atoms with Crippen LogP contribution in [0, 0.1) is 12.3 Å². The normalized spacial score (nSPS) is 24.4. The van der Waals surface area contributed by atoms with Gasteiger partial charge in [0.2, 0.25) is 11.8 Å². The third-order valence-corrected chi connectivity index (χ3v) is 6.03. The van der Waals surface area contributed by atoms with Crippen molar-refractivity contribution in [1.82, 2.24) is 10.2 Å². The number of ether oxygens (including phenoxy) is 2. The number of hydrogen-bond acceptors (Lipinski definition) is 8. The van der Waals surface area contributed by atoms with Gasteiger partial charge in [0.05, 0.1) is 12.7 Å². The lowest BCUT2D eigenvalue weighted by Gasteiger charge is -2.38. The number of carbonyl (C=O) groups excluding carboxylic acids is 1. The van der Waals surface area contributed by atoms with Crippen molar-refractivity contribution in [1.29, 1.82) is 0 Å². The molecule has 0 amide bonds. The first kappa shape index (κ1) is 19.9. The minimum absolute atomic E-state index is 0.233. The molecule has 2 aliphatic rings. The number of aromatic nitrogens is 2. The van der Waals surface area contributed by atoms with Gasteiger partial charge in [-0.25, -0.2) is 0 Å². The Hall–Kier alpha value is -3.07. The van der Waals surface area contributed by atoms with Crippen LogP contribution >= 0.6 is 0 Å². The Labute approximate surface area is 178 Å². The van der Waals surface area contributed by atoms with Gasteiger partial charge in [0.25, 0.3) is 0 Å². The molecule has 1 aromatic heterocycles. The van der Waals surface area contributed by atoms with Crippen molar-refractivity contribution < 1.29 is 28.9 Å². The summed E-state index contributed by atoms with van der Waals surface area (Å²) < 4.78 is 17.3. The van der Waals surface area contributed by atoms with Crippen molar-refractivity contribution in [2.24, 2.45) is 5.41 Å². The van der Waals surface area contributed by atoms with Crippen LogP contribution in [-0.4, -0.2) is 45.0 Å². The van der Waals surface area contributed by atoms with Gasteiger partial charge in [-0.3, -0.25) is 4.79 Å². The van der Waals surface area contributed by atoms with Crippen LogP contribution in [0.4, 0.5) is 0 Å². The fraction of sp³-hybridized carbons (Fsp3) is 0.348. The van der Waals surface area contributed by atoms with Gasteiger partial charge in [-0.1, -0.05) is 12.1 Å². The Bertz CT molecular complexity index is 1110. The summed E-state index contributed by atoms with van der Waals surface area (Å²) in [4.78, 5) is 12.8. The van der Waals surface area contributed by atoms with Crippen molar-refractivity contribution >= 4 is 5.78 Å². The molecule has 5 rings (SSSR count). The first-order chi connectivity index (χ1) is 15.0. The van der Waals surface area contributed by atoms with Gasteiger partial charge in [-0.2, -0.15) is 0 Å². The van der Waals surface area contributed by atoms with E-state index in [4.69, 9.17) is 13.9 Å². The van der Waals surface area contributed by atoms with E-state index in [0.717, 1.165) is 5.56 Å². The highest BCUT2D eigenvalue weighted by molar-refractivity contribution is 5.90. The second-order valence-corrected chi connectivity index (χ2v) is 8.05. The highest BCUT2D eigenvalue weighted by Crippen LogP contribution is 2.57. The fourth-order valence-corrected chi connectivity index (χ4v) is 4.13. The minimum Gasteiger partial charge on any atom is -0.457 e. The van der Waals surface area contributed by atoms with Crippen LogP contribution < -0.4 is 4.74 Å². The Morgan fingerprint density at radius 1 is 1.13 bits per heavy atom. The molecule has 31 heavy (non-hydrogen) atoms. The zero-order valence-corrected chi connectivity index (χ0v) is 16.9. The molecule has 3 atom stereocenters. The van der Waals surface area contributed by atoms with Gasteiger partial charge < -0.3 is 24.1 Å². The topological polar surface area (TPSA) is 115 Å². The molecule has 160 valence electrons. The number of carbonyl (C=O) groups is 1. The summed E-state index contributed by atoms with van der Waals surface area (Å²) in [5.41, 5.74) is 0.726. The van der Waals surface area contributed by atoms with Crippen LogP contribution in [0.2, 0.25) is 0 Å². The summed E-state index contributed by atoms with van der Waals surface area (Å²) in [5.74, 6) is 1.67. The molecule has 2 N–H and O–H groups in total. The standard InChI is InChI=1S/C23H22N2O6/c1-13-24-25-22(29-13)14-5-7-16(8-6-14)30-17-4-2-3-15(11-17)20-19(27)21(28)23(9-10-23)18(12-26)31-20/h2-8,11,18,20-21,26,28H,9-10,12H2,1H3/t18-,20-,21-/m1/s1. The SMILES string of the molecule is Cc1nnc(-c2ccc(Oc3cccc([C@H]4O[C@H](CO)C5(CC5)[C@H](O)C4=O)c3)cc2)o1. The molecule has 3 aromatic rings. The molecule has 2 fully saturated rings. The Balaban J connectivity index is 1.34. The number of ketones is 1. The first-order valence-corrected chi connectivity index (χ1v) is 10.2. The molecular weight excluding hydrogens is 400 g/mol. The Kier molecular flexibility index (Phi) is 4.85. The second kappa shape index (κ2) is 7.56. The molecule has 1 saturated heterocycles. The van der Waals surface area contributed by atoms with Crippen LogP contribution in [-0.2, 0) is 9.53 Å². The van der Waals surface area contributed by atoms with Gasteiger partial charge in [-0.05, 0) is 54.8 Å². The van der Waals surface area contributed by atoms with E-state index in [0.29, 0.717) is 41.7 Å². The van der Waals surface area contributed by atoms with Gasteiger partial charge in [0, 0.05) is 17.9 Å². The van der Waals surface area contributed by atoms with Crippen LogP contribution in [0.15, 0.2) is 52.9 Å². The van der Waals surface area contributed by atoms with Crippen molar-refractivity contribution in [2.45, 2.75) is 38.1 Å². The third-order valence-electron chi connectivity index (χ3n) is 6.03. The van der Waals surface area contributed by atoms with Gasteiger partial charge in [0.1, 0.15) is 23.7 Å². The van der Waals surface area contributed by atoms with Gasteiger partial charge in [-0.15, -0.1) is 10.2 Å². The zero-order chi connectivity index (χ0) is 21.6. The summed E-state index contributed by atoms with van der Waals surface area (Å²) in [6.45, 7) is 1.50. The maximum atomic E-state index is 12.8. The first-order valence-electron chi connectivity index (χ1n) is 10.2. The number of hydrogen-bond donors (Lipinski definition) is 2. The average molecular weight is 422 g/mol. The molecule has 1 saturated carbocycles. The maximum absolute atomic E-state index is 12.8. The maximum Gasteiger partial charge on any atom is 0.247 e. The van der Waals surface area contributed by atoms with Gasteiger partial charge >= 0.3 is 0 Å². The molecule has 1 spiro atoms. The van der Waals surface area contributed by atoms with Crippen LogP contribution in [0.1, 0.15) is 30.4 Å². The summed E-state index contributed by atoms with van der Waals surface area (Å²) >= 11 is 0. The number of rotatable bonds is 5. The van der Waals surface area contributed by atoms with Gasteiger partial charge in [0.15, 0.2) is 5.78 Å². The lowest BCUT2D eigenvalue weighted by atomic mass is 9.83. The van der Waals surface area contributed by atoms with Crippen molar-refractivity contribution in [3.05, 3.63) is 60.0 Å². The Morgan fingerprint density at radius 2 is 1.90 bits per heavy atom. The largest absolute Gasteiger partial charge is 0.457 e. The van der Waals surface area contributed by atoms with E-state index in [9.17, 15) is 15.0 Å². The molecule has 0 bridgehead atoms. The van der Waals surface area contributed by atoms with E-state index in [1.54, 1.807) is 43.3 Å². The molecule has 2 aromatic carbocycles. The molecule has 1 aliphatic heterocycles. The van der Waals surface area contributed by atoms with Crippen LogP contribution in [0.3, 0.4) is 0 Å². The van der Waals surface area contributed by atoms with Crippen molar-refractivity contribution in [3.8, 4) is 23.0 Å². The molecule has 2 heterocycles. The summed E-state index contributed by atoms with van der Waals surface area (Å²) in [6, 6.07) is 14.2. The Morgan fingerprint density at radius 3 is 2.55 bits per heavy atom. The minimum atomic E-state index is -1.13. The molecule has 0 radical (unpaired) electrons. The summed E-state index contributed by atoms with van der Waals surface area (Å²) in [6.07, 6.45) is -1.27. The van der Waals surface area contributed by atoms with E-state index >= 15 is 0 Å². The van der Waals surface area contributed by atoms with E-state index in [1.807, 2.05) is 12.1 Å². The lowest BCUT2D eigenvalue weighted by molar-refractivity contribution is -0.180. The van der Waals surface area contributed by atoms with E-state index in [2.05, 4.69) is 10.2 Å². The average Bonchev–Trinajstić information content (AvgIpc) is 3.46. The second-order valence-electron chi connectivity index (χ2n) is 8.05. The zero-order valence-electron chi connectivity index (χ0n) is 16.9. The predicted octanol–water partition coefficient (Wildman–Crippen LogP) is 2.98. The highest BCUT2D eigenvalue weighted by atomic mass is 16.5. The van der Waals surface area contributed by atoms with Crippen LogP contribution in [0.5, 0.6) is 11.5 Å². The van der Waals surface area contributed by atoms with Crippen molar-refractivity contribution in [2.75, 3.05) is 6.61 Å². The smallest absolute Gasteiger partial charge is 0.247 e. The van der Waals surface area contributed by atoms with E-state index in [1.165, 1.54) is 0 Å². The number of Topliss-reactive ketones (excluding diaryl/α,β-unsaturated/α-hetero) is 1. The molecular formula is C23H22N2O6. The third kappa shape index (κ3) is 3.52. The van der Waals surface area contributed by atoms with E-state index in [-0.39, 0.29) is 12.4 Å². The predicted molar refractivity (Wildman–Crippen MR) is 108 cm³/mol. The molecule has 0 unspecified atom stereocenters. The molecule has 8 heteroatoms. The molecule has 1 aliphatic carbocycles. The number of nitrogens with zero attached hydrogens (tertiary/aromatic N) is 2. The number of aliphatic hydroxyl groups is 2. The van der Waals surface area contributed by atoms with E-state index < -0.39 is 23.7 Å². The fourth-order valence-electron chi connectivity index (χ4n) is 4.13. The van der Waals surface area contributed by atoms with Crippen LogP contribution in [0.25, 0.3) is 11.5 Å².